The molecule has 0 rings (SSSR count). The average molecular weight is 207 g/mol. The van der Waals surface area contributed by atoms with Gasteiger partial charge in [-0.1, -0.05) is 11.6 Å². The van der Waals surface area contributed by atoms with Crippen LogP contribution in [0, 0.1) is 0 Å². The minimum atomic E-state index is -4.04. The molecule has 0 aromatic carbocycles. The largest absolute Gasteiger partial charge is 0.354 e. The highest BCUT2D eigenvalue weighted by Crippen LogP contribution is 2.49. The number of rotatable bonds is 3. The fourth-order valence-corrected chi connectivity index (χ4v) is 1.27. The number of carbonyl (C=O) groups is 1. The summed E-state index contributed by atoms with van der Waals surface area (Å²) in [4.78, 5) is 18.8. The average Bonchev–Trinajstić information content (AvgIpc) is 1.86. The van der Waals surface area contributed by atoms with Gasteiger partial charge in [0.05, 0.1) is 0 Å². The van der Waals surface area contributed by atoms with Gasteiger partial charge in [-0.15, -0.1) is 0 Å². The van der Waals surface area contributed by atoms with Crippen LogP contribution in [0.15, 0.2) is 0 Å². The fraction of sp³-hybridized carbons (Fsp3) is 0.667. The molecule has 0 aromatic rings. The van der Waals surface area contributed by atoms with Crippen molar-refractivity contribution in [2.24, 2.45) is 0 Å². The summed E-state index contributed by atoms with van der Waals surface area (Å²) in [7, 11) is -3.07. The predicted molar refractivity (Wildman–Crippen MR) is 37.3 cm³/mol. The Kier molecular flexibility index (Phi) is 3.84. The smallest absolute Gasteiger partial charge is 0.323 e. The van der Waals surface area contributed by atoms with Crippen LogP contribution in [0.4, 0.5) is 0 Å². The maximum absolute atomic E-state index is 10.6. The summed E-state index contributed by atoms with van der Waals surface area (Å²) in [6.45, 7) is 0. The summed E-state index contributed by atoms with van der Waals surface area (Å²) in [6.07, 6.45) is 0. The van der Waals surface area contributed by atoms with Gasteiger partial charge in [0.15, 0.2) is 0 Å². The first-order valence-electron chi connectivity index (χ1n) is 2.13. The Hall–Kier alpha value is 0.400. The zero-order chi connectivity index (χ0) is 8.36. The van der Waals surface area contributed by atoms with Gasteiger partial charge in [0.2, 0.25) is 5.12 Å². The van der Waals surface area contributed by atoms with Crippen molar-refractivity contribution in [3.63, 3.8) is 0 Å². The number of hydrogen-bond donors (Lipinski definition) is 1. The lowest BCUT2D eigenvalue weighted by Gasteiger charge is -2.09. The number of alkyl halides is 1. The number of halogens is 2. The molecule has 0 radical (unpaired) electrons. The summed E-state index contributed by atoms with van der Waals surface area (Å²) in [5.74, 6) is 0. The quantitative estimate of drug-likeness (QED) is 0.428. The molecule has 0 heterocycles. The van der Waals surface area contributed by atoms with E-state index >= 15 is 0 Å². The van der Waals surface area contributed by atoms with Crippen LogP contribution < -0.4 is 0 Å². The van der Waals surface area contributed by atoms with Gasteiger partial charge < -0.3 is 9.42 Å². The molecule has 1 N–H and O–H groups in total. The minimum Gasteiger partial charge on any atom is -0.323 e. The highest BCUT2D eigenvalue weighted by Gasteiger charge is 2.34. The molecule has 0 saturated heterocycles. The van der Waals surface area contributed by atoms with Crippen LogP contribution in [-0.4, -0.2) is 22.4 Å². The van der Waals surface area contributed by atoms with Crippen molar-refractivity contribution in [2.75, 3.05) is 7.11 Å². The third-order valence-corrected chi connectivity index (χ3v) is 3.49. The van der Waals surface area contributed by atoms with Crippen LogP contribution in [0.5, 0.6) is 0 Å². The van der Waals surface area contributed by atoms with Gasteiger partial charge in [0, 0.05) is 7.11 Å². The van der Waals surface area contributed by atoms with Crippen LogP contribution in [0.3, 0.4) is 0 Å². The van der Waals surface area contributed by atoms with Gasteiger partial charge in [-0.2, -0.15) is 0 Å². The van der Waals surface area contributed by atoms with Crippen molar-refractivity contribution in [3.8, 4) is 0 Å². The number of carbonyl (C=O) groups excluding carboxylic acids is 1. The molecule has 0 bridgehead atoms. The molecule has 7 heteroatoms. The lowest BCUT2D eigenvalue weighted by atomic mass is 10.9. The van der Waals surface area contributed by atoms with Crippen LogP contribution in [0.1, 0.15) is 0 Å². The lowest BCUT2D eigenvalue weighted by Crippen LogP contribution is -2.09. The predicted octanol–water partition coefficient (Wildman–Crippen LogP) is 1.15. The van der Waals surface area contributed by atoms with Gasteiger partial charge in [-0.3, -0.25) is 9.36 Å². The molecule has 60 valence electrons. The molecule has 0 spiro atoms. The van der Waals surface area contributed by atoms with Crippen LogP contribution in [0.2, 0.25) is 0 Å². The fourth-order valence-electron chi connectivity index (χ4n) is 0.221. The van der Waals surface area contributed by atoms with Crippen molar-refractivity contribution in [2.45, 2.75) is 5.12 Å². The Morgan fingerprint density at radius 1 is 1.80 bits per heavy atom. The molecule has 0 aliphatic heterocycles. The molecule has 2 atom stereocenters. The summed E-state index contributed by atoms with van der Waals surface area (Å²) in [5.41, 5.74) is 0. The topological polar surface area (TPSA) is 63.6 Å². The van der Waals surface area contributed by atoms with Gasteiger partial charge in [0.1, 0.15) is 0 Å². The van der Waals surface area contributed by atoms with Gasteiger partial charge in [0.25, 0.3) is 5.24 Å². The van der Waals surface area contributed by atoms with E-state index in [0.717, 1.165) is 7.11 Å². The summed E-state index contributed by atoms with van der Waals surface area (Å²) < 4.78 is 14.7. The van der Waals surface area contributed by atoms with Crippen LogP contribution >= 0.6 is 30.8 Å². The van der Waals surface area contributed by atoms with Crippen molar-refractivity contribution in [3.05, 3.63) is 0 Å². The maximum Gasteiger partial charge on any atom is 0.354 e. The highest BCUT2D eigenvalue weighted by molar-refractivity contribution is 7.57. The Bertz CT molecular complexity index is 181. The van der Waals surface area contributed by atoms with E-state index in [4.69, 9.17) is 28.1 Å². The lowest BCUT2D eigenvalue weighted by molar-refractivity contribution is -0.110. The van der Waals surface area contributed by atoms with E-state index in [2.05, 4.69) is 4.52 Å². The zero-order valence-corrected chi connectivity index (χ0v) is 7.36. The number of hydrogen-bond acceptors (Lipinski definition) is 3. The normalized spacial score (nSPS) is 19.6. The molecular weight excluding hydrogens is 202 g/mol. The second-order valence-corrected chi connectivity index (χ2v) is 4.51. The molecule has 2 unspecified atom stereocenters. The molecule has 0 aromatic heterocycles. The van der Waals surface area contributed by atoms with E-state index in [0.29, 0.717) is 0 Å². The van der Waals surface area contributed by atoms with Gasteiger partial charge >= 0.3 is 7.60 Å². The summed E-state index contributed by atoms with van der Waals surface area (Å²) >= 11 is 9.90. The summed E-state index contributed by atoms with van der Waals surface area (Å²) in [6, 6.07) is 0. The minimum absolute atomic E-state index is 0.968. The van der Waals surface area contributed by atoms with E-state index in [9.17, 15) is 9.36 Å². The van der Waals surface area contributed by atoms with Crippen molar-refractivity contribution < 1.29 is 18.8 Å². The molecule has 0 amide bonds. The first-order valence-corrected chi connectivity index (χ1v) is 4.59. The van der Waals surface area contributed by atoms with Gasteiger partial charge in [-0.25, -0.2) is 0 Å². The van der Waals surface area contributed by atoms with E-state index in [-0.39, 0.29) is 0 Å². The third-order valence-electron chi connectivity index (χ3n) is 0.735. The van der Waals surface area contributed by atoms with Gasteiger partial charge in [-0.05, 0) is 11.6 Å². The van der Waals surface area contributed by atoms with Crippen molar-refractivity contribution in [1.82, 2.24) is 0 Å². The van der Waals surface area contributed by atoms with E-state index in [1.54, 1.807) is 0 Å². The first-order chi connectivity index (χ1) is 4.41. The Morgan fingerprint density at radius 2 is 2.20 bits per heavy atom. The molecular formula is C3H5Cl2O4P. The SMILES string of the molecule is COP(=O)(O)C(Cl)C(=O)Cl. The second-order valence-electron chi connectivity index (χ2n) is 1.39. The first kappa shape index (κ1) is 10.4. The maximum atomic E-state index is 10.6. The monoisotopic (exact) mass is 206 g/mol. The molecule has 4 nitrogen and oxygen atoms in total. The Balaban J connectivity index is 4.33. The highest BCUT2D eigenvalue weighted by atomic mass is 35.5. The standard InChI is InChI=1S/C3H5Cl2O4P/c1-9-10(7,8)3(5)2(4)6/h3H,1H3,(H,7,8). The molecule has 0 saturated carbocycles. The van der Waals surface area contributed by atoms with E-state index in [1.807, 2.05) is 0 Å². The summed E-state index contributed by atoms with van der Waals surface area (Å²) in [5, 5.41) is -2.78. The Labute approximate surface area is 67.6 Å². The third kappa shape index (κ3) is 2.56. The molecule has 0 fully saturated rings. The zero-order valence-electron chi connectivity index (χ0n) is 4.95. The van der Waals surface area contributed by atoms with Crippen LogP contribution in [0.25, 0.3) is 0 Å². The molecule has 0 aliphatic rings. The van der Waals surface area contributed by atoms with Crippen LogP contribution in [-0.2, 0) is 13.9 Å². The van der Waals surface area contributed by atoms with Crippen molar-refractivity contribution >= 4 is 36.0 Å². The Morgan fingerprint density at radius 3 is 2.30 bits per heavy atom. The van der Waals surface area contributed by atoms with E-state index in [1.165, 1.54) is 0 Å². The molecule has 0 aliphatic carbocycles. The van der Waals surface area contributed by atoms with Crippen molar-refractivity contribution in [1.29, 1.82) is 0 Å². The van der Waals surface area contributed by atoms with E-state index < -0.39 is 18.0 Å². The second kappa shape index (κ2) is 3.69. The molecule has 10 heavy (non-hydrogen) atoms.